The maximum absolute atomic E-state index is 12.1. The first-order chi connectivity index (χ1) is 8.20. The van der Waals surface area contributed by atoms with Crippen molar-refractivity contribution in [3.63, 3.8) is 0 Å². The highest BCUT2D eigenvalue weighted by atomic mass is 16.1. The summed E-state index contributed by atoms with van der Waals surface area (Å²) < 4.78 is 0. The molecular weight excluding hydrogens is 226 g/mol. The molecule has 1 amide bonds. The highest BCUT2D eigenvalue weighted by Gasteiger charge is 2.38. The second kappa shape index (κ2) is 3.97. The van der Waals surface area contributed by atoms with Gasteiger partial charge in [0.05, 0.1) is 0 Å². The predicted molar refractivity (Wildman–Crippen MR) is 72.5 cm³/mol. The molecule has 1 aromatic heterocycles. The third-order valence-electron chi connectivity index (χ3n) is 3.29. The molecule has 4 heteroatoms. The molecule has 1 fully saturated rings. The number of rotatable bonds is 2. The van der Waals surface area contributed by atoms with Gasteiger partial charge in [0.15, 0.2) is 0 Å². The van der Waals surface area contributed by atoms with E-state index in [0.717, 1.165) is 18.5 Å². The van der Waals surface area contributed by atoms with E-state index in [2.05, 4.69) is 38.0 Å². The Bertz CT molecular complexity index is 484. The van der Waals surface area contributed by atoms with Crippen molar-refractivity contribution in [1.82, 2.24) is 10.3 Å². The van der Waals surface area contributed by atoms with E-state index in [9.17, 15) is 4.79 Å². The minimum atomic E-state index is -0.117. The minimum absolute atomic E-state index is 0.0169. The van der Waals surface area contributed by atoms with Crippen molar-refractivity contribution in [3.05, 3.63) is 23.4 Å². The first-order valence-electron chi connectivity index (χ1n) is 6.30. The Morgan fingerprint density at radius 1 is 1.39 bits per heavy atom. The molecule has 1 saturated carbocycles. The number of nitrogens with zero attached hydrogens (tertiary/aromatic N) is 1. The number of hydrogen-bond acceptors (Lipinski definition) is 3. The number of amides is 1. The van der Waals surface area contributed by atoms with Gasteiger partial charge >= 0.3 is 0 Å². The summed E-state index contributed by atoms with van der Waals surface area (Å²) in [5, 5.41) is 3.03. The Labute approximate surface area is 108 Å². The van der Waals surface area contributed by atoms with Gasteiger partial charge in [0.1, 0.15) is 5.82 Å². The molecule has 98 valence electrons. The smallest absolute Gasteiger partial charge is 0.251 e. The Hall–Kier alpha value is -1.58. The third kappa shape index (κ3) is 2.81. The number of nitrogens with one attached hydrogen (secondary N) is 1. The van der Waals surface area contributed by atoms with Gasteiger partial charge < -0.3 is 11.1 Å². The number of anilines is 1. The van der Waals surface area contributed by atoms with Gasteiger partial charge in [-0.15, -0.1) is 0 Å². The molecule has 0 atom stereocenters. The molecule has 0 saturated heterocycles. The van der Waals surface area contributed by atoms with Gasteiger partial charge in [0.2, 0.25) is 0 Å². The largest absolute Gasteiger partial charge is 0.384 e. The second-order valence-corrected chi connectivity index (χ2v) is 6.43. The molecule has 4 nitrogen and oxygen atoms in total. The normalized spacial score (nSPS) is 17.3. The summed E-state index contributed by atoms with van der Waals surface area (Å²) in [5.41, 5.74) is 7.09. The van der Waals surface area contributed by atoms with E-state index < -0.39 is 0 Å². The number of nitrogen functional groups attached to an aromatic ring is 1. The number of hydrogen-bond donors (Lipinski definition) is 2. The highest BCUT2D eigenvalue weighted by molar-refractivity contribution is 5.95. The molecule has 0 aliphatic heterocycles. The van der Waals surface area contributed by atoms with E-state index in [4.69, 9.17) is 5.73 Å². The zero-order chi connectivity index (χ0) is 13.6. The second-order valence-electron chi connectivity index (χ2n) is 6.43. The topological polar surface area (TPSA) is 68.0 Å². The monoisotopic (exact) mass is 247 g/mol. The van der Waals surface area contributed by atoms with Crippen molar-refractivity contribution in [2.45, 2.75) is 51.5 Å². The van der Waals surface area contributed by atoms with Crippen molar-refractivity contribution in [3.8, 4) is 0 Å². The molecule has 1 heterocycles. The number of nitrogens with two attached hydrogens (primary N) is 1. The molecule has 0 radical (unpaired) electrons. The summed E-state index contributed by atoms with van der Waals surface area (Å²) in [6.45, 7) is 8.22. The lowest BCUT2D eigenvalue weighted by Crippen LogP contribution is -2.34. The molecule has 0 spiro atoms. The van der Waals surface area contributed by atoms with Gasteiger partial charge in [-0.05, 0) is 31.9 Å². The van der Waals surface area contributed by atoms with Gasteiger partial charge in [0, 0.05) is 22.2 Å². The Kier molecular flexibility index (Phi) is 2.84. The SMILES string of the molecule is CC1(NC(=O)c2cc(N)nc(C(C)(C)C)c2)CC1. The average molecular weight is 247 g/mol. The van der Waals surface area contributed by atoms with Crippen LogP contribution in [0.15, 0.2) is 12.1 Å². The van der Waals surface area contributed by atoms with Crippen molar-refractivity contribution in [2.24, 2.45) is 0 Å². The van der Waals surface area contributed by atoms with Crippen LogP contribution in [0.2, 0.25) is 0 Å². The highest BCUT2D eigenvalue weighted by Crippen LogP contribution is 2.34. The van der Waals surface area contributed by atoms with Crippen LogP contribution in [0, 0.1) is 0 Å². The Balaban J connectivity index is 2.27. The van der Waals surface area contributed by atoms with Crippen LogP contribution in [-0.4, -0.2) is 16.4 Å². The first-order valence-corrected chi connectivity index (χ1v) is 6.30. The molecule has 3 N–H and O–H groups in total. The number of carbonyl (C=O) groups is 1. The van der Waals surface area contributed by atoms with Crippen molar-refractivity contribution in [1.29, 1.82) is 0 Å². The number of pyridine rings is 1. The summed E-state index contributed by atoms with van der Waals surface area (Å²) in [4.78, 5) is 16.4. The summed E-state index contributed by atoms with van der Waals surface area (Å²) in [6, 6.07) is 3.47. The van der Waals surface area contributed by atoms with Gasteiger partial charge in [0.25, 0.3) is 5.91 Å². The van der Waals surface area contributed by atoms with Gasteiger partial charge in [-0.3, -0.25) is 4.79 Å². The van der Waals surface area contributed by atoms with Crippen LogP contribution in [0.3, 0.4) is 0 Å². The molecular formula is C14H21N3O. The van der Waals surface area contributed by atoms with Crippen molar-refractivity contribution < 1.29 is 4.79 Å². The predicted octanol–water partition coefficient (Wildman–Crippen LogP) is 2.24. The van der Waals surface area contributed by atoms with Crippen LogP contribution in [0.1, 0.15) is 56.6 Å². The molecule has 0 unspecified atom stereocenters. The van der Waals surface area contributed by atoms with Crippen LogP contribution < -0.4 is 11.1 Å². The number of aromatic nitrogens is 1. The fourth-order valence-corrected chi connectivity index (χ4v) is 1.73. The fraction of sp³-hybridized carbons (Fsp3) is 0.571. The molecule has 0 aromatic carbocycles. The average Bonchev–Trinajstić information content (AvgIpc) is 2.93. The lowest BCUT2D eigenvalue weighted by Gasteiger charge is -2.19. The maximum Gasteiger partial charge on any atom is 0.251 e. The van der Waals surface area contributed by atoms with Crippen molar-refractivity contribution in [2.75, 3.05) is 5.73 Å². The zero-order valence-electron chi connectivity index (χ0n) is 11.5. The summed E-state index contributed by atoms with van der Waals surface area (Å²) in [6.07, 6.45) is 2.09. The van der Waals surface area contributed by atoms with E-state index >= 15 is 0 Å². The van der Waals surface area contributed by atoms with E-state index in [0.29, 0.717) is 11.4 Å². The molecule has 1 aliphatic carbocycles. The van der Waals surface area contributed by atoms with Gasteiger partial charge in [-0.1, -0.05) is 20.8 Å². The summed E-state index contributed by atoms with van der Waals surface area (Å²) >= 11 is 0. The number of carbonyl (C=O) groups excluding carboxylic acids is 1. The van der Waals surface area contributed by atoms with Crippen LogP contribution >= 0.6 is 0 Å². The van der Waals surface area contributed by atoms with E-state index in [-0.39, 0.29) is 16.9 Å². The Morgan fingerprint density at radius 2 is 2.00 bits per heavy atom. The third-order valence-corrected chi connectivity index (χ3v) is 3.29. The molecule has 2 rings (SSSR count). The summed E-state index contributed by atoms with van der Waals surface area (Å²) in [5.74, 6) is 0.336. The molecule has 0 bridgehead atoms. The maximum atomic E-state index is 12.1. The Morgan fingerprint density at radius 3 is 2.50 bits per heavy atom. The van der Waals surface area contributed by atoms with Crippen LogP contribution in [-0.2, 0) is 5.41 Å². The zero-order valence-corrected chi connectivity index (χ0v) is 11.5. The molecule has 1 aliphatic rings. The van der Waals surface area contributed by atoms with Crippen LogP contribution in [0.5, 0.6) is 0 Å². The van der Waals surface area contributed by atoms with Crippen molar-refractivity contribution >= 4 is 11.7 Å². The van der Waals surface area contributed by atoms with Crippen LogP contribution in [0.4, 0.5) is 5.82 Å². The van der Waals surface area contributed by atoms with E-state index in [1.807, 2.05) is 6.07 Å². The molecule has 18 heavy (non-hydrogen) atoms. The van der Waals surface area contributed by atoms with E-state index in [1.165, 1.54) is 0 Å². The van der Waals surface area contributed by atoms with Crippen LogP contribution in [0.25, 0.3) is 0 Å². The lowest BCUT2D eigenvalue weighted by atomic mass is 9.90. The van der Waals surface area contributed by atoms with Gasteiger partial charge in [-0.25, -0.2) is 4.98 Å². The fourth-order valence-electron chi connectivity index (χ4n) is 1.73. The standard InChI is InChI=1S/C14H21N3O/c1-13(2,3)10-7-9(8-11(15)16-10)12(18)17-14(4)5-6-14/h7-8H,5-6H2,1-4H3,(H2,15,16)(H,17,18). The van der Waals surface area contributed by atoms with E-state index in [1.54, 1.807) is 6.07 Å². The minimum Gasteiger partial charge on any atom is -0.384 e. The lowest BCUT2D eigenvalue weighted by molar-refractivity contribution is 0.0935. The molecule has 1 aromatic rings. The first kappa shape index (κ1) is 12.9. The quantitative estimate of drug-likeness (QED) is 0.842. The van der Waals surface area contributed by atoms with Gasteiger partial charge in [-0.2, -0.15) is 0 Å². The summed E-state index contributed by atoms with van der Waals surface area (Å²) in [7, 11) is 0.